The molecule has 3 N–H and O–H groups in total. The molecule has 0 aliphatic heterocycles. The zero-order chi connectivity index (χ0) is 8.43. The third-order valence-electron chi connectivity index (χ3n) is 1.69. The lowest BCUT2D eigenvalue weighted by molar-refractivity contribution is 0.281. The fourth-order valence-electron chi connectivity index (χ4n) is 0.923. The molecule has 0 bridgehead atoms. The highest BCUT2D eigenvalue weighted by Gasteiger charge is 2.01. The second kappa shape index (κ2) is 3.11. The zero-order valence-electron chi connectivity index (χ0n) is 6.26. The van der Waals surface area contributed by atoms with Gasteiger partial charge in [-0.05, 0) is 30.2 Å². The van der Waals surface area contributed by atoms with Crippen molar-refractivity contribution in [3.63, 3.8) is 0 Å². The van der Waals surface area contributed by atoms with Gasteiger partial charge in [0.1, 0.15) is 0 Å². The Morgan fingerprint density at radius 3 is 2.73 bits per heavy atom. The Bertz CT molecular complexity index is 273. The van der Waals surface area contributed by atoms with Crippen molar-refractivity contribution in [3.8, 4) is 0 Å². The Morgan fingerprint density at radius 2 is 2.18 bits per heavy atom. The Labute approximate surface area is 70.6 Å². The molecule has 0 fully saturated rings. The van der Waals surface area contributed by atoms with Gasteiger partial charge >= 0.3 is 0 Å². The zero-order valence-corrected chi connectivity index (χ0v) is 7.02. The van der Waals surface area contributed by atoms with E-state index in [1.807, 2.05) is 6.92 Å². The number of anilines is 1. The molecule has 1 aromatic rings. The number of aliphatic hydroxyl groups excluding tert-OH is 1. The molecule has 0 spiro atoms. The number of rotatable bonds is 1. The van der Waals surface area contributed by atoms with Crippen LogP contribution in [-0.2, 0) is 6.61 Å². The number of nitrogen functional groups attached to an aromatic ring is 1. The SMILES string of the molecule is Cc1c(N)cc(Cl)cc1CO. The first-order valence-corrected chi connectivity index (χ1v) is 3.68. The molecule has 3 heteroatoms. The van der Waals surface area contributed by atoms with E-state index in [2.05, 4.69) is 0 Å². The Hall–Kier alpha value is -0.730. The summed E-state index contributed by atoms with van der Waals surface area (Å²) in [5.74, 6) is 0. The molecule has 0 radical (unpaired) electrons. The van der Waals surface area contributed by atoms with Crippen LogP contribution in [0.1, 0.15) is 11.1 Å². The first-order chi connectivity index (χ1) is 5.15. The smallest absolute Gasteiger partial charge is 0.0685 e. The van der Waals surface area contributed by atoms with Gasteiger partial charge in [0.05, 0.1) is 6.61 Å². The normalized spacial score (nSPS) is 10.1. The summed E-state index contributed by atoms with van der Waals surface area (Å²) >= 11 is 5.71. The molecule has 0 amide bonds. The van der Waals surface area contributed by atoms with Crippen molar-refractivity contribution >= 4 is 17.3 Å². The third-order valence-corrected chi connectivity index (χ3v) is 1.91. The van der Waals surface area contributed by atoms with Crippen molar-refractivity contribution in [2.45, 2.75) is 13.5 Å². The van der Waals surface area contributed by atoms with Crippen molar-refractivity contribution in [1.29, 1.82) is 0 Å². The van der Waals surface area contributed by atoms with E-state index in [4.69, 9.17) is 22.4 Å². The van der Waals surface area contributed by atoms with Gasteiger partial charge in [-0.15, -0.1) is 0 Å². The predicted molar refractivity (Wildman–Crippen MR) is 46.5 cm³/mol. The molecule has 1 aromatic carbocycles. The van der Waals surface area contributed by atoms with E-state index in [9.17, 15) is 0 Å². The highest BCUT2D eigenvalue weighted by molar-refractivity contribution is 6.31. The van der Waals surface area contributed by atoms with E-state index in [1.165, 1.54) is 0 Å². The molecule has 0 saturated carbocycles. The average molecular weight is 172 g/mol. The van der Waals surface area contributed by atoms with Gasteiger partial charge in [0, 0.05) is 10.7 Å². The number of hydrogen-bond acceptors (Lipinski definition) is 2. The minimum atomic E-state index is -0.0173. The van der Waals surface area contributed by atoms with Crippen LogP contribution >= 0.6 is 11.6 Å². The second-order valence-electron chi connectivity index (χ2n) is 2.44. The van der Waals surface area contributed by atoms with Gasteiger partial charge in [0.15, 0.2) is 0 Å². The maximum absolute atomic E-state index is 8.85. The van der Waals surface area contributed by atoms with Crippen LogP contribution in [0.5, 0.6) is 0 Å². The van der Waals surface area contributed by atoms with E-state index in [0.29, 0.717) is 10.7 Å². The van der Waals surface area contributed by atoms with Crippen molar-refractivity contribution in [1.82, 2.24) is 0 Å². The number of aliphatic hydroxyl groups is 1. The van der Waals surface area contributed by atoms with Crippen LogP contribution in [-0.4, -0.2) is 5.11 Å². The van der Waals surface area contributed by atoms with Crippen LogP contribution in [0, 0.1) is 6.92 Å². The quantitative estimate of drug-likeness (QED) is 0.633. The van der Waals surface area contributed by atoms with Gasteiger partial charge < -0.3 is 10.8 Å². The molecule has 11 heavy (non-hydrogen) atoms. The summed E-state index contributed by atoms with van der Waals surface area (Å²) in [6.07, 6.45) is 0. The molecule has 0 heterocycles. The minimum Gasteiger partial charge on any atom is -0.398 e. The maximum Gasteiger partial charge on any atom is 0.0685 e. The number of benzene rings is 1. The van der Waals surface area contributed by atoms with Gasteiger partial charge in [-0.3, -0.25) is 0 Å². The van der Waals surface area contributed by atoms with Gasteiger partial charge in [0.25, 0.3) is 0 Å². The molecular formula is C8H10ClNO. The Kier molecular flexibility index (Phi) is 2.37. The molecular weight excluding hydrogens is 162 g/mol. The van der Waals surface area contributed by atoms with Gasteiger partial charge in [-0.25, -0.2) is 0 Å². The van der Waals surface area contributed by atoms with Crippen LogP contribution < -0.4 is 5.73 Å². The van der Waals surface area contributed by atoms with E-state index >= 15 is 0 Å². The molecule has 0 atom stereocenters. The summed E-state index contributed by atoms with van der Waals surface area (Å²) < 4.78 is 0. The molecule has 2 nitrogen and oxygen atoms in total. The van der Waals surface area contributed by atoms with Crippen LogP contribution in [0.4, 0.5) is 5.69 Å². The Balaban J connectivity index is 3.24. The summed E-state index contributed by atoms with van der Waals surface area (Å²) in [6.45, 7) is 1.84. The standard InChI is InChI=1S/C8H10ClNO/c1-5-6(4-11)2-7(9)3-8(5)10/h2-3,11H,4,10H2,1H3. The monoisotopic (exact) mass is 171 g/mol. The molecule has 0 aliphatic carbocycles. The van der Waals surface area contributed by atoms with Gasteiger partial charge in [-0.2, -0.15) is 0 Å². The third kappa shape index (κ3) is 1.64. The van der Waals surface area contributed by atoms with Crippen LogP contribution in [0.25, 0.3) is 0 Å². The summed E-state index contributed by atoms with van der Waals surface area (Å²) in [7, 11) is 0. The summed E-state index contributed by atoms with van der Waals surface area (Å²) in [6, 6.07) is 3.39. The molecule has 0 saturated heterocycles. The number of hydrogen-bond donors (Lipinski definition) is 2. The molecule has 0 aliphatic rings. The van der Waals surface area contributed by atoms with Crippen molar-refractivity contribution in [3.05, 3.63) is 28.3 Å². The largest absolute Gasteiger partial charge is 0.398 e. The van der Waals surface area contributed by atoms with E-state index in [0.717, 1.165) is 11.1 Å². The summed E-state index contributed by atoms with van der Waals surface area (Å²) in [4.78, 5) is 0. The summed E-state index contributed by atoms with van der Waals surface area (Å²) in [5, 5.41) is 9.42. The highest BCUT2D eigenvalue weighted by Crippen LogP contribution is 2.21. The van der Waals surface area contributed by atoms with Gasteiger partial charge in [0.2, 0.25) is 0 Å². The first-order valence-electron chi connectivity index (χ1n) is 3.30. The molecule has 0 unspecified atom stereocenters. The van der Waals surface area contributed by atoms with Crippen LogP contribution in [0.15, 0.2) is 12.1 Å². The minimum absolute atomic E-state index is 0.0173. The van der Waals surface area contributed by atoms with Crippen LogP contribution in [0.2, 0.25) is 5.02 Å². The number of nitrogens with two attached hydrogens (primary N) is 1. The lowest BCUT2D eigenvalue weighted by atomic mass is 10.1. The first kappa shape index (κ1) is 8.37. The lowest BCUT2D eigenvalue weighted by Gasteiger charge is -2.05. The van der Waals surface area contributed by atoms with E-state index in [1.54, 1.807) is 12.1 Å². The lowest BCUT2D eigenvalue weighted by Crippen LogP contribution is -1.95. The molecule has 0 aromatic heterocycles. The van der Waals surface area contributed by atoms with Crippen molar-refractivity contribution in [2.75, 3.05) is 5.73 Å². The predicted octanol–water partition coefficient (Wildman–Crippen LogP) is 1.72. The Morgan fingerprint density at radius 1 is 1.55 bits per heavy atom. The fourth-order valence-corrected chi connectivity index (χ4v) is 1.17. The maximum atomic E-state index is 8.85. The highest BCUT2D eigenvalue weighted by atomic mass is 35.5. The number of halogens is 1. The second-order valence-corrected chi connectivity index (χ2v) is 2.87. The van der Waals surface area contributed by atoms with E-state index < -0.39 is 0 Å². The van der Waals surface area contributed by atoms with Crippen molar-refractivity contribution < 1.29 is 5.11 Å². The fraction of sp³-hybridized carbons (Fsp3) is 0.250. The molecule has 1 rings (SSSR count). The van der Waals surface area contributed by atoms with Gasteiger partial charge in [-0.1, -0.05) is 11.6 Å². The topological polar surface area (TPSA) is 46.2 Å². The van der Waals surface area contributed by atoms with Crippen molar-refractivity contribution in [2.24, 2.45) is 0 Å². The summed E-state index contributed by atoms with van der Waals surface area (Å²) in [5.41, 5.74) is 7.91. The van der Waals surface area contributed by atoms with E-state index in [-0.39, 0.29) is 6.61 Å². The molecule has 60 valence electrons. The average Bonchev–Trinajstić information content (AvgIpc) is 1.96. The van der Waals surface area contributed by atoms with Crippen LogP contribution in [0.3, 0.4) is 0 Å².